The molecule has 1 fully saturated rings. The lowest BCUT2D eigenvalue weighted by Crippen LogP contribution is -2.38. The molecule has 112 valence electrons. The average molecular weight is 281 g/mol. The second kappa shape index (κ2) is 6.21. The zero-order chi connectivity index (χ0) is 14.8. The summed E-state index contributed by atoms with van der Waals surface area (Å²) in [5.41, 5.74) is 6.39. The van der Waals surface area contributed by atoms with Gasteiger partial charge in [-0.05, 0) is 79.7 Å². The van der Waals surface area contributed by atoms with E-state index < -0.39 is 0 Å². The normalized spacial score (nSPS) is 27.0. The fourth-order valence-corrected chi connectivity index (χ4v) is 3.46. The third-order valence-electron chi connectivity index (χ3n) is 5.04. The molecule has 0 atom stereocenters. The van der Waals surface area contributed by atoms with Crippen molar-refractivity contribution in [2.45, 2.75) is 46.0 Å². The number of nitrogens with two attached hydrogens (primary N) is 1. The Hall–Kier alpha value is -0.960. The van der Waals surface area contributed by atoms with E-state index >= 15 is 0 Å². The van der Waals surface area contributed by atoms with Crippen LogP contribution in [-0.4, -0.2) is 6.54 Å². The van der Waals surface area contributed by atoms with Gasteiger partial charge in [-0.25, -0.2) is 8.78 Å². The van der Waals surface area contributed by atoms with Gasteiger partial charge in [0.05, 0.1) is 0 Å². The molecule has 0 bridgehead atoms. The van der Waals surface area contributed by atoms with Crippen molar-refractivity contribution >= 4 is 0 Å². The maximum atomic E-state index is 13.8. The molecule has 0 aromatic heterocycles. The Labute approximate surface area is 120 Å². The summed E-state index contributed by atoms with van der Waals surface area (Å²) in [4.78, 5) is 0. The van der Waals surface area contributed by atoms with E-state index in [-0.39, 0.29) is 17.0 Å². The van der Waals surface area contributed by atoms with E-state index in [0.717, 1.165) is 31.6 Å². The summed E-state index contributed by atoms with van der Waals surface area (Å²) in [7, 11) is 0. The summed E-state index contributed by atoms with van der Waals surface area (Å²) in [6.45, 7) is 5.06. The van der Waals surface area contributed by atoms with Gasteiger partial charge in [0.2, 0.25) is 0 Å². The number of rotatable bonds is 4. The summed E-state index contributed by atoms with van der Waals surface area (Å²) in [6, 6.07) is 3.71. The van der Waals surface area contributed by atoms with E-state index in [2.05, 4.69) is 13.8 Å². The van der Waals surface area contributed by atoms with E-state index in [9.17, 15) is 8.78 Å². The fraction of sp³-hybridized carbons (Fsp3) is 0.647. The summed E-state index contributed by atoms with van der Waals surface area (Å²) in [5, 5.41) is 0. The van der Waals surface area contributed by atoms with Gasteiger partial charge in [-0.1, -0.05) is 13.8 Å². The second-order valence-corrected chi connectivity index (χ2v) is 6.70. The van der Waals surface area contributed by atoms with Crippen LogP contribution in [0.3, 0.4) is 0 Å². The smallest absolute Gasteiger partial charge is 0.126 e. The Bertz CT molecular complexity index is 448. The third kappa shape index (κ3) is 3.38. The molecule has 0 heterocycles. The number of hydrogen-bond donors (Lipinski definition) is 1. The van der Waals surface area contributed by atoms with Crippen molar-refractivity contribution < 1.29 is 8.78 Å². The minimum absolute atomic E-state index is 0.0555. The van der Waals surface area contributed by atoms with Crippen LogP contribution >= 0.6 is 0 Å². The van der Waals surface area contributed by atoms with Crippen molar-refractivity contribution in [1.82, 2.24) is 0 Å². The highest BCUT2D eigenvalue weighted by Crippen LogP contribution is 2.43. The maximum absolute atomic E-state index is 13.8. The number of benzene rings is 1. The van der Waals surface area contributed by atoms with Crippen LogP contribution in [0.2, 0.25) is 0 Å². The zero-order valence-corrected chi connectivity index (χ0v) is 12.5. The van der Waals surface area contributed by atoms with Crippen LogP contribution in [0.1, 0.15) is 45.1 Å². The van der Waals surface area contributed by atoms with Crippen LogP contribution in [0.25, 0.3) is 0 Å². The van der Waals surface area contributed by atoms with Crippen LogP contribution in [0.4, 0.5) is 8.78 Å². The van der Waals surface area contributed by atoms with Crippen molar-refractivity contribution in [2.75, 3.05) is 6.54 Å². The van der Waals surface area contributed by atoms with Gasteiger partial charge in [-0.15, -0.1) is 0 Å². The number of halogens is 2. The third-order valence-corrected chi connectivity index (χ3v) is 5.04. The standard InChI is InChI=1S/C17H25F2N/c1-12(2)13-5-7-17(11-20,8-6-13)10-14-9-15(18)3-4-16(14)19/h3-4,9,12-13H,5-8,10-11,20H2,1-2H3. The van der Waals surface area contributed by atoms with Gasteiger partial charge in [-0.2, -0.15) is 0 Å². The molecule has 2 rings (SSSR count). The molecule has 20 heavy (non-hydrogen) atoms. The van der Waals surface area contributed by atoms with Gasteiger partial charge < -0.3 is 5.73 Å². The largest absolute Gasteiger partial charge is 0.330 e. The monoisotopic (exact) mass is 281 g/mol. The highest BCUT2D eigenvalue weighted by atomic mass is 19.1. The van der Waals surface area contributed by atoms with Crippen LogP contribution in [0.15, 0.2) is 18.2 Å². The van der Waals surface area contributed by atoms with E-state index in [4.69, 9.17) is 5.73 Å². The van der Waals surface area contributed by atoms with Gasteiger partial charge in [0, 0.05) is 0 Å². The molecule has 1 aromatic carbocycles. The molecule has 0 saturated heterocycles. The summed E-state index contributed by atoms with van der Waals surface area (Å²) < 4.78 is 27.1. The van der Waals surface area contributed by atoms with Crippen molar-refractivity contribution in [2.24, 2.45) is 23.0 Å². The van der Waals surface area contributed by atoms with Gasteiger partial charge >= 0.3 is 0 Å². The maximum Gasteiger partial charge on any atom is 0.126 e. The molecule has 1 aliphatic carbocycles. The van der Waals surface area contributed by atoms with Crippen molar-refractivity contribution in [3.05, 3.63) is 35.4 Å². The van der Waals surface area contributed by atoms with E-state index in [1.54, 1.807) is 0 Å². The summed E-state index contributed by atoms with van der Waals surface area (Å²) in [6.07, 6.45) is 4.88. The van der Waals surface area contributed by atoms with Crippen LogP contribution < -0.4 is 5.73 Å². The first-order valence-electron chi connectivity index (χ1n) is 7.60. The van der Waals surface area contributed by atoms with Crippen molar-refractivity contribution in [3.8, 4) is 0 Å². The molecule has 0 amide bonds. The minimum atomic E-state index is -0.371. The van der Waals surface area contributed by atoms with E-state index in [1.807, 2.05) is 0 Å². The number of hydrogen-bond acceptors (Lipinski definition) is 1. The first-order valence-corrected chi connectivity index (χ1v) is 7.60. The first kappa shape index (κ1) is 15.4. The fourth-order valence-electron chi connectivity index (χ4n) is 3.46. The molecule has 3 heteroatoms. The second-order valence-electron chi connectivity index (χ2n) is 6.70. The molecule has 1 aromatic rings. The van der Waals surface area contributed by atoms with Crippen LogP contribution in [0, 0.1) is 28.9 Å². The molecule has 2 N–H and O–H groups in total. The summed E-state index contributed by atoms with van der Waals surface area (Å²) in [5.74, 6) is 0.748. The Kier molecular flexibility index (Phi) is 4.79. The van der Waals surface area contributed by atoms with Crippen LogP contribution in [-0.2, 0) is 6.42 Å². The van der Waals surface area contributed by atoms with E-state index in [1.165, 1.54) is 18.2 Å². The molecule has 0 aliphatic heterocycles. The molecular weight excluding hydrogens is 256 g/mol. The molecular formula is C17H25F2N. The van der Waals surface area contributed by atoms with Gasteiger partial charge in [0.25, 0.3) is 0 Å². The Morgan fingerprint density at radius 2 is 1.90 bits per heavy atom. The Balaban J connectivity index is 2.11. The average Bonchev–Trinajstić information content (AvgIpc) is 2.43. The van der Waals surface area contributed by atoms with E-state index in [0.29, 0.717) is 24.4 Å². The van der Waals surface area contributed by atoms with Gasteiger partial charge in [0.15, 0.2) is 0 Å². The lowest BCUT2D eigenvalue weighted by atomic mass is 9.65. The van der Waals surface area contributed by atoms with Crippen LogP contribution in [0.5, 0.6) is 0 Å². The predicted molar refractivity (Wildman–Crippen MR) is 78.3 cm³/mol. The first-order chi connectivity index (χ1) is 9.46. The summed E-state index contributed by atoms with van der Waals surface area (Å²) >= 11 is 0. The quantitative estimate of drug-likeness (QED) is 0.875. The predicted octanol–water partition coefficient (Wildman–Crippen LogP) is 4.30. The SMILES string of the molecule is CC(C)C1CCC(CN)(Cc2cc(F)ccc2F)CC1. The topological polar surface area (TPSA) is 26.0 Å². The highest BCUT2D eigenvalue weighted by Gasteiger charge is 2.35. The Morgan fingerprint density at radius 3 is 2.45 bits per heavy atom. The lowest BCUT2D eigenvalue weighted by Gasteiger charge is -2.41. The van der Waals surface area contributed by atoms with Crippen molar-refractivity contribution in [3.63, 3.8) is 0 Å². The molecule has 1 aliphatic rings. The molecule has 0 radical (unpaired) electrons. The molecule has 0 unspecified atom stereocenters. The lowest BCUT2D eigenvalue weighted by molar-refractivity contribution is 0.131. The zero-order valence-electron chi connectivity index (χ0n) is 12.5. The van der Waals surface area contributed by atoms with Gasteiger partial charge in [0.1, 0.15) is 11.6 Å². The highest BCUT2D eigenvalue weighted by molar-refractivity contribution is 5.20. The molecule has 1 saturated carbocycles. The Morgan fingerprint density at radius 1 is 1.25 bits per heavy atom. The van der Waals surface area contributed by atoms with Gasteiger partial charge in [-0.3, -0.25) is 0 Å². The van der Waals surface area contributed by atoms with Crippen molar-refractivity contribution in [1.29, 1.82) is 0 Å². The molecule has 1 nitrogen and oxygen atoms in total. The molecule has 0 spiro atoms. The minimum Gasteiger partial charge on any atom is -0.330 e.